The summed E-state index contributed by atoms with van der Waals surface area (Å²) in [7, 11) is 0. The number of hydrogen-bond donors (Lipinski definition) is 0. The largest absolute Gasteiger partial charge is 0.482 e. The van der Waals surface area contributed by atoms with Gasteiger partial charge >= 0.3 is 0 Å². The molecule has 0 aromatic heterocycles. The van der Waals surface area contributed by atoms with E-state index in [1.54, 1.807) is 23.1 Å². The molecule has 0 atom stereocenters. The maximum Gasteiger partial charge on any atom is 0.265 e. The Balaban J connectivity index is 2.49. The highest BCUT2D eigenvalue weighted by Gasteiger charge is 2.23. The number of halogens is 1. The van der Waals surface area contributed by atoms with E-state index in [-0.39, 0.29) is 12.5 Å². The van der Waals surface area contributed by atoms with Gasteiger partial charge in [0.2, 0.25) is 0 Å². The second kappa shape index (κ2) is 3.50. The Morgan fingerprint density at radius 2 is 2.36 bits per heavy atom. The second-order valence-corrected chi connectivity index (χ2v) is 3.48. The van der Waals surface area contributed by atoms with Gasteiger partial charge in [-0.2, -0.15) is 0 Å². The van der Waals surface area contributed by atoms with Gasteiger partial charge in [0.05, 0.1) is 5.69 Å². The van der Waals surface area contributed by atoms with Gasteiger partial charge in [-0.3, -0.25) is 4.79 Å². The van der Waals surface area contributed by atoms with E-state index >= 15 is 0 Å². The second-order valence-electron chi connectivity index (χ2n) is 3.04. The maximum atomic E-state index is 11.5. The molecule has 0 saturated carbocycles. The van der Waals surface area contributed by atoms with Crippen LogP contribution in [0.1, 0.15) is 6.92 Å². The Kier molecular flexibility index (Phi) is 2.33. The molecule has 74 valence electrons. The Bertz CT molecular complexity index is 378. The van der Waals surface area contributed by atoms with Crippen LogP contribution in [-0.2, 0) is 4.79 Å². The number of rotatable bonds is 1. The Labute approximate surface area is 87.2 Å². The predicted octanol–water partition coefficient (Wildman–Crippen LogP) is 2.09. The van der Waals surface area contributed by atoms with Gasteiger partial charge < -0.3 is 9.64 Å². The van der Waals surface area contributed by atoms with Gasteiger partial charge in [-0.1, -0.05) is 11.6 Å². The molecule has 0 fully saturated rings. The van der Waals surface area contributed by atoms with E-state index in [0.29, 0.717) is 11.6 Å². The smallest absolute Gasteiger partial charge is 0.265 e. The van der Waals surface area contributed by atoms with E-state index in [9.17, 15) is 4.79 Å². The van der Waals surface area contributed by atoms with Gasteiger partial charge in [0.15, 0.2) is 6.61 Å². The van der Waals surface area contributed by atoms with Crippen molar-refractivity contribution in [2.45, 2.75) is 6.92 Å². The van der Waals surface area contributed by atoms with Crippen LogP contribution in [0.3, 0.4) is 0 Å². The standard InChI is InChI=1S/C10H10ClNO2/c1-2-12-8-5-7(11)3-4-9(8)14-6-10(12)13/h3-5H,2,6H2,1H3. The minimum absolute atomic E-state index is 0.0257. The number of benzene rings is 1. The van der Waals surface area contributed by atoms with Gasteiger partial charge in [0.1, 0.15) is 5.75 Å². The van der Waals surface area contributed by atoms with E-state index < -0.39 is 0 Å². The summed E-state index contributed by atoms with van der Waals surface area (Å²) in [5.41, 5.74) is 0.760. The molecule has 1 aromatic carbocycles. The van der Waals surface area contributed by atoms with Crippen LogP contribution in [0.15, 0.2) is 18.2 Å². The third-order valence-electron chi connectivity index (χ3n) is 2.18. The Hall–Kier alpha value is -1.22. The number of hydrogen-bond acceptors (Lipinski definition) is 2. The molecule has 0 radical (unpaired) electrons. The number of likely N-dealkylation sites (N-methyl/N-ethyl adjacent to an activating group) is 1. The van der Waals surface area contributed by atoms with Crippen LogP contribution in [-0.4, -0.2) is 19.1 Å². The molecule has 3 nitrogen and oxygen atoms in total. The highest BCUT2D eigenvalue weighted by atomic mass is 35.5. The fraction of sp³-hybridized carbons (Fsp3) is 0.300. The first-order valence-corrected chi connectivity index (χ1v) is 4.83. The van der Waals surface area contributed by atoms with Gasteiger partial charge in [-0.05, 0) is 25.1 Å². The van der Waals surface area contributed by atoms with E-state index in [1.807, 2.05) is 6.92 Å². The first-order valence-electron chi connectivity index (χ1n) is 4.45. The number of carbonyl (C=O) groups is 1. The molecule has 2 rings (SSSR count). The summed E-state index contributed by atoms with van der Waals surface area (Å²) in [5.74, 6) is 0.693. The lowest BCUT2D eigenvalue weighted by molar-refractivity contribution is -0.121. The number of carbonyl (C=O) groups excluding carboxylic acids is 1. The lowest BCUT2D eigenvalue weighted by Gasteiger charge is -2.28. The Morgan fingerprint density at radius 3 is 3.07 bits per heavy atom. The van der Waals surface area contributed by atoms with Crippen molar-refractivity contribution < 1.29 is 9.53 Å². The van der Waals surface area contributed by atoms with Crippen molar-refractivity contribution >= 4 is 23.2 Å². The van der Waals surface area contributed by atoms with Crippen molar-refractivity contribution in [2.75, 3.05) is 18.1 Å². The van der Waals surface area contributed by atoms with Crippen molar-refractivity contribution in [3.8, 4) is 5.75 Å². The monoisotopic (exact) mass is 211 g/mol. The van der Waals surface area contributed by atoms with Gasteiger partial charge in [0, 0.05) is 11.6 Å². The summed E-state index contributed by atoms with van der Waals surface area (Å²) in [4.78, 5) is 13.1. The number of ether oxygens (including phenoxy) is 1. The summed E-state index contributed by atoms with van der Waals surface area (Å²) in [6, 6.07) is 5.29. The fourth-order valence-corrected chi connectivity index (χ4v) is 1.69. The van der Waals surface area contributed by atoms with E-state index in [0.717, 1.165) is 11.4 Å². The molecule has 0 spiro atoms. The average Bonchev–Trinajstić information content (AvgIpc) is 2.17. The van der Waals surface area contributed by atoms with Crippen LogP contribution in [0.25, 0.3) is 0 Å². The average molecular weight is 212 g/mol. The molecule has 1 amide bonds. The van der Waals surface area contributed by atoms with Crippen LogP contribution < -0.4 is 9.64 Å². The van der Waals surface area contributed by atoms with Gasteiger partial charge in [-0.15, -0.1) is 0 Å². The van der Waals surface area contributed by atoms with E-state index in [2.05, 4.69) is 0 Å². The molecule has 0 unspecified atom stereocenters. The van der Waals surface area contributed by atoms with Crippen LogP contribution in [0, 0.1) is 0 Å². The minimum atomic E-state index is -0.0257. The quantitative estimate of drug-likeness (QED) is 0.712. The molecule has 1 aliphatic heterocycles. The summed E-state index contributed by atoms with van der Waals surface area (Å²) in [6.07, 6.45) is 0. The first kappa shape index (κ1) is 9.34. The SMILES string of the molecule is CCN1C(=O)COc2ccc(Cl)cc21. The van der Waals surface area contributed by atoms with E-state index in [4.69, 9.17) is 16.3 Å². The summed E-state index contributed by atoms with van der Waals surface area (Å²) < 4.78 is 5.27. The number of amides is 1. The summed E-state index contributed by atoms with van der Waals surface area (Å²) in [6.45, 7) is 2.67. The number of anilines is 1. The van der Waals surface area contributed by atoms with Gasteiger partial charge in [0.25, 0.3) is 5.91 Å². The first-order chi connectivity index (χ1) is 6.72. The van der Waals surface area contributed by atoms with Crippen LogP contribution in [0.2, 0.25) is 5.02 Å². The molecular weight excluding hydrogens is 202 g/mol. The van der Waals surface area contributed by atoms with Crippen molar-refractivity contribution in [1.82, 2.24) is 0 Å². The van der Waals surface area contributed by atoms with Crippen molar-refractivity contribution in [1.29, 1.82) is 0 Å². The summed E-state index contributed by atoms with van der Waals surface area (Å²) in [5, 5.41) is 0.612. The summed E-state index contributed by atoms with van der Waals surface area (Å²) >= 11 is 5.85. The van der Waals surface area contributed by atoms with E-state index in [1.165, 1.54) is 0 Å². The zero-order valence-corrected chi connectivity index (χ0v) is 8.54. The van der Waals surface area contributed by atoms with Crippen LogP contribution in [0.4, 0.5) is 5.69 Å². The third-order valence-corrected chi connectivity index (χ3v) is 2.42. The fourth-order valence-electron chi connectivity index (χ4n) is 1.52. The highest BCUT2D eigenvalue weighted by Crippen LogP contribution is 2.33. The molecule has 0 bridgehead atoms. The zero-order valence-electron chi connectivity index (χ0n) is 7.79. The van der Waals surface area contributed by atoms with Crippen molar-refractivity contribution in [3.05, 3.63) is 23.2 Å². The third kappa shape index (κ3) is 1.44. The molecule has 0 aliphatic carbocycles. The lowest BCUT2D eigenvalue weighted by atomic mass is 10.2. The Morgan fingerprint density at radius 1 is 1.57 bits per heavy atom. The maximum absolute atomic E-state index is 11.5. The molecule has 0 N–H and O–H groups in total. The lowest BCUT2D eigenvalue weighted by Crippen LogP contribution is -2.38. The highest BCUT2D eigenvalue weighted by molar-refractivity contribution is 6.31. The topological polar surface area (TPSA) is 29.5 Å². The predicted molar refractivity (Wildman–Crippen MR) is 55.0 cm³/mol. The van der Waals surface area contributed by atoms with Crippen LogP contribution >= 0.6 is 11.6 Å². The van der Waals surface area contributed by atoms with Crippen LogP contribution in [0.5, 0.6) is 5.75 Å². The molecule has 4 heteroatoms. The van der Waals surface area contributed by atoms with Crippen molar-refractivity contribution in [3.63, 3.8) is 0 Å². The molecule has 1 aromatic rings. The van der Waals surface area contributed by atoms with Crippen molar-refractivity contribution in [2.24, 2.45) is 0 Å². The zero-order chi connectivity index (χ0) is 10.1. The molecule has 1 aliphatic rings. The molecular formula is C10H10ClNO2. The molecule has 0 saturated heterocycles. The number of nitrogens with zero attached hydrogens (tertiary/aromatic N) is 1. The minimum Gasteiger partial charge on any atom is -0.482 e. The molecule has 1 heterocycles. The molecule has 14 heavy (non-hydrogen) atoms. The normalized spacial score (nSPS) is 15.0. The number of fused-ring (bicyclic) bond motifs is 1. The van der Waals surface area contributed by atoms with Gasteiger partial charge in [-0.25, -0.2) is 0 Å².